The summed E-state index contributed by atoms with van der Waals surface area (Å²) in [7, 11) is 1.65. The van der Waals surface area contributed by atoms with Crippen LogP contribution < -0.4 is 18.9 Å². The van der Waals surface area contributed by atoms with E-state index < -0.39 is 6.16 Å². The van der Waals surface area contributed by atoms with Crippen LogP contribution in [-0.2, 0) is 4.79 Å². The van der Waals surface area contributed by atoms with Crippen molar-refractivity contribution in [3.05, 3.63) is 108 Å². The van der Waals surface area contributed by atoms with Crippen molar-refractivity contribution in [1.82, 2.24) is 0 Å². The molecule has 0 aliphatic carbocycles. The van der Waals surface area contributed by atoms with Gasteiger partial charge in [-0.2, -0.15) is 0 Å². The van der Waals surface area contributed by atoms with E-state index in [0.29, 0.717) is 17.2 Å². The zero-order chi connectivity index (χ0) is 25.5. The molecule has 4 rings (SSSR count). The van der Waals surface area contributed by atoms with Crippen molar-refractivity contribution in [3.8, 4) is 34.1 Å². The van der Waals surface area contributed by atoms with E-state index in [-0.39, 0.29) is 11.9 Å². The molecule has 0 aliphatic heterocycles. The van der Waals surface area contributed by atoms with Gasteiger partial charge in [0, 0.05) is 12.8 Å². The minimum absolute atomic E-state index is 0.174. The number of esters is 1. The Morgan fingerprint density at radius 1 is 0.556 bits per heavy atom. The standard InChI is InChI=1S/C30H26O6/c1-20(22-4-12-26(33-3)13-5-22)23-6-14-28(15-7-23)35-30(32)36-29-18-10-25(11-19-29)24-8-16-27(17-9-24)34-21(2)31/h4-20H,1-3H3. The molecule has 6 nitrogen and oxygen atoms in total. The second kappa shape index (κ2) is 11.2. The smallest absolute Gasteiger partial charge is 0.497 e. The van der Waals surface area contributed by atoms with E-state index in [1.54, 1.807) is 43.5 Å². The first-order valence-electron chi connectivity index (χ1n) is 11.4. The molecule has 0 aliphatic rings. The molecule has 0 spiro atoms. The number of rotatable bonds is 7. The predicted molar refractivity (Wildman–Crippen MR) is 137 cm³/mol. The van der Waals surface area contributed by atoms with Gasteiger partial charge in [-0.3, -0.25) is 4.79 Å². The van der Waals surface area contributed by atoms with E-state index in [1.165, 1.54) is 6.92 Å². The highest BCUT2D eigenvalue weighted by Crippen LogP contribution is 2.28. The lowest BCUT2D eigenvalue weighted by atomic mass is 9.93. The Hall–Kier alpha value is -4.58. The van der Waals surface area contributed by atoms with Crippen LogP contribution in [-0.4, -0.2) is 19.2 Å². The maximum absolute atomic E-state index is 12.3. The monoisotopic (exact) mass is 482 g/mol. The van der Waals surface area contributed by atoms with Crippen molar-refractivity contribution in [2.75, 3.05) is 7.11 Å². The highest BCUT2D eigenvalue weighted by Gasteiger charge is 2.12. The summed E-state index contributed by atoms with van der Waals surface area (Å²) in [5, 5.41) is 0. The van der Waals surface area contributed by atoms with Gasteiger partial charge in [-0.1, -0.05) is 55.5 Å². The first-order chi connectivity index (χ1) is 17.4. The summed E-state index contributed by atoms with van der Waals surface area (Å²) in [6.45, 7) is 3.47. The molecule has 0 saturated heterocycles. The van der Waals surface area contributed by atoms with Crippen molar-refractivity contribution in [1.29, 1.82) is 0 Å². The molecule has 182 valence electrons. The zero-order valence-electron chi connectivity index (χ0n) is 20.3. The average molecular weight is 483 g/mol. The molecule has 0 N–H and O–H groups in total. The topological polar surface area (TPSA) is 71.1 Å². The Morgan fingerprint density at radius 2 is 0.917 bits per heavy atom. The molecule has 0 saturated carbocycles. The van der Waals surface area contributed by atoms with Gasteiger partial charge in [0.1, 0.15) is 23.0 Å². The number of carbonyl (C=O) groups is 2. The molecule has 1 unspecified atom stereocenters. The fourth-order valence-electron chi connectivity index (χ4n) is 3.72. The third kappa shape index (κ3) is 6.30. The normalized spacial score (nSPS) is 11.3. The Balaban J connectivity index is 1.33. The van der Waals surface area contributed by atoms with E-state index in [1.807, 2.05) is 60.7 Å². The average Bonchev–Trinajstić information content (AvgIpc) is 2.89. The largest absolute Gasteiger partial charge is 0.519 e. The molecular weight excluding hydrogens is 456 g/mol. The molecule has 0 aromatic heterocycles. The van der Waals surface area contributed by atoms with Crippen molar-refractivity contribution >= 4 is 12.1 Å². The molecule has 0 bridgehead atoms. The fraction of sp³-hybridized carbons (Fsp3) is 0.133. The molecule has 4 aromatic carbocycles. The number of benzene rings is 4. The summed E-state index contributed by atoms with van der Waals surface area (Å²) in [5.41, 5.74) is 4.11. The van der Waals surface area contributed by atoms with Crippen LogP contribution in [0.4, 0.5) is 4.79 Å². The van der Waals surface area contributed by atoms with E-state index >= 15 is 0 Å². The SMILES string of the molecule is COc1ccc(C(C)c2ccc(OC(=O)Oc3ccc(-c4ccc(OC(C)=O)cc4)cc3)cc2)cc1. The van der Waals surface area contributed by atoms with Crippen LogP contribution in [0.2, 0.25) is 0 Å². The van der Waals surface area contributed by atoms with E-state index in [0.717, 1.165) is 28.0 Å². The lowest BCUT2D eigenvalue weighted by Gasteiger charge is -2.14. The summed E-state index contributed by atoms with van der Waals surface area (Å²) in [6.07, 6.45) is -0.815. The highest BCUT2D eigenvalue weighted by molar-refractivity contribution is 5.71. The molecule has 1 atom stereocenters. The van der Waals surface area contributed by atoms with Crippen LogP contribution in [0.1, 0.15) is 30.9 Å². The molecule has 0 radical (unpaired) electrons. The zero-order valence-corrected chi connectivity index (χ0v) is 20.3. The van der Waals surface area contributed by atoms with Gasteiger partial charge >= 0.3 is 12.1 Å². The molecule has 0 heterocycles. The summed E-state index contributed by atoms with van der Waals surface area (Å²) < 4.78 is 20.9. The predicted octanol–water partition coefficient (Wildman–Crippen LogP) is 7.02. The van der Waals surface area contributed by atoms with Gasteiger partial charge in [0.15, 0.2) is 0 Å². The molecule has 0 amide bonds. The van der Waals surface area contributed by atoms with Crippen molar-refractivity contribution < 1.29 is 28.5 Å². The molecule has 36 heavy (non-hydrogen) atoms. The van der Waals surface area contributed by atoms with Crippen molar-refractivity contribution in [2.24, 2.45) is 0 Å². The third-order valence-electron chi connectivity index (χ3n) is 5.70. The van der Waals surface area contributed by atoms with Gasteiger partial charge in [-0.05, 0) is 70.8 Å². The van der Waals surface area contributed by atoms with Crippen molar-refractivity contribution in [3.63, 3.8) is 0 Å². The van der Waals surface area contributed by atoms with Crippen LogP contribution in [0.3, 0.4) is 0 Å². The number of hydrogen-bond donors (Lipinski definition) is 0. The maximum atomic E-state index is 12.3. The van der Waals surface area contributed by atoms with Crippen LogP contribution >= 0.6 is 0 Å². The van der Waals surface area contributed by atoms with Crippen LogP contribution in [0.25, 0.3) is 11.1 Å². The lowest BCUT2D eigenvalue weighted by Crippen LogP contribution is -2.13. The second-order valence-electron chi connectivity index (χ2n) is 8.16. The van der Waals surface area contributed by atoms with Gasteiger partial charge in [-0.15, -0.1) is 0 Å². The fourth-order valence-corrected chi connectivity index (χ4v) is 3.72. The summed E-state index contributed by atoms with van der Waals surface area (Å²) in [5.74, 6) is 1.87. The first-order valence-corrected chi connectivity index (χ1v) is 11.4. The Kier molecular flexibility index (Phi) is 7.66. The Labute approximate surface area is 210 Å². The van der Waals surface area contributed by atoms with Gasteiger partial charge in [-0.25, -0.2) is 4.79 Å². The Bertz CT molecular complexity index is 1310. The number of ether oxygens (including phenoxy) is 4. The van der Waals surface area contributed by atoms with E-state index in [9.17, 15) is 9.59 Å². The minimum atomic E-state index is -0.815. The van der Waals surface area contributed by atoms with Gasteiger partial charge < -0.3 is 18.9 Å². The van der Waals surface area contributed by atoms with Gasteiger partial charge in [0.25, 0.3) is 0 Å². The minimum Gasteiger partial charge on any atom is -0.497 e. The van der Waals surface area contributed by atoms with E-state index in [4.69, 9.17) is 18.9 Å². The number of methoxy groups -OCH3 is 1. The quantitative estimate of drug-likeness (QED) is 0.160. The van der Waals surface area contributed by atoms with Gasteiger partial charge in [0.2, 0.25) is 0 Å². The van der Waals surface area contributed by atoms with Gasteiger partial charge in [0.05, 0.1) is 7.11 Å². The second-order valence-corrected chi connectivity index (χ2v) is 8.16. The van der Waals surface area contributed by atoms with Crippen molar-refractivity contribution in [2.45, 2.75) is 19.8 Å². The van der Waals surface area contributed by atoms with E-state index in [2.05, 4.69) is 6.92 Å². The lowest BCUT2D eigenvalue weighted by molar-refractivity contribution is -0.131. The number of carbonyl (C=O) groups excluding carboxylic acids is 2. The summed E-state index contributed by atoms with van der Waals surface area (Å²) in [4.78, 5) is 23.3. The summed E-state index contributed by atoms with van der Waals surface area (Å²) >= 11 is 0. The third-order valence-corrected chi connectivity index (χ3v) is 5.70. The highest BCUT2D eigenvalue weighted by atomic mass is 16.7. The molecule has 0 fully saturated rings. The maximum Gasteiger partial charge on any atom is 0.519 e. The molecule has 4 aromatic rings. The Morgan fingerprint density at radius 3 is 1.31 bits per heavy atom. The first kappa shape index (κ1) is 24.5. The number of hydrogen-bond acceptors (Lipinski definition) is 6. The molecule has 6 heteroatoms. The summed E-state index contributed by atoms with van der Waals surface area (Å²) in [6, 6.07) is 29.5. The van der Waals surface area contributed by atoms with Crippen LogP contribution in [0.5, 0.6) is 23.0 Å². The van der Waals surface area contributed by atoms with Crippen LogP contribution in [0.15, 0.2) is 97.1 Å². The van der Waals surface area contributed by atoms with Crippen LogP contribution in [0, 0.1) is 0 Å². The molecular formula is C30H26O6.